The largest absolute Gasteiger partial charge is 0.495 e. The predicted octanol–water partition coefficient (Wildman–Crippen LogP) is 4.85. The van der Waals surface area contributed by atoms with Gasteiger partial charge in [0.25, 0.3) is 5.91 Å². The highest BCUT2D eigenvalue weighted by molar-refractivity contribution is 6.32. The van der Waals surface area contributed by atoms with Crippen molar-refractivity contribution in [2.24, 2.45) is 0 Å². The number of hydrogen-bond donors (Lipinski definition) is 1. The molecular weight excluding hydrogens is 310 g/mol. The van der Waals surface area contributed by atoms with Gasteiger partial charge in [-0.25, -0.2) is 0 Å². The zero-order chi connectivity index (χ0) is 17.0. The molecule has 0 spiro atoms. The topological polar surface area (TPSA) is 38.3 Å². The van der Waals surface area contributed by atoms with Gasteiger partial charge in [-0.2, -0.15) is 0 Å². The van der Waals surface area contributed by atoms with E-state index in [4.69, 9.17) is 16.3 Å². The van der Waals surface area contributed by atoms with Gasteiger partial charge in [0.05, 0.1) is 18.2 Å². The number of benzene rings is 2. The molecular formula is C19H22ClNO2. The van der Waals surface area contributed by atoms with Gasteiger partial charge in [-0.05, 0) is 49.6 Å². The monoisotopic (exact) mass is 331 g/mol. The van der Waals surface area contributed by atoms with Gasteiger partial charge in [-0.15, -0.1) is 0 Å². The zero-order valence-corrected chi connectivity index (χ0v) is 14.7. The second-order valence-electron chi connectivity index (χ2n) is 5.64. The van der Waals surface area contributed by atoms with Gasteiger partial charge in [-0.1, -0.05) is 42.3 Å². The normalized spacial score (nSPS) is 11.9. The summed E-state index contributed by atoms with van der Waals surface area (Å²) in [5.41, 5.74) is 4.07. The highest BCUT2D eigenvalue weighted by Gasteiger charge is 2.16. The molecule has 0 fully saturated rings. The molecule has 4 heteroatoms. The van der Waals surface area contributed by atoms with Crippen molar-refractivity contribution in [1.29, 1.82) is 0 Å². The van der Waals surface area contributed by atoms with Crippen LogP contribution < -0.4 is 10.1 Å². The first kappa shape index (κ1) is 17.4. The molecule has 1 atom stereocenters. The molecule has 23 heavy (non-hydrogen) atoms. The zero-order valence-electron chi connectivity index (χ0n) is 13.9. The van der Waals surface area contributed by atoms with Crippen LogP contribution in [-0.4, -0.2) is 13.0 Å². The van der Waals surface area contributed by atoms with Crippen LogP contribution in [0.2, 0.25) is 5.02 Å². The van der Waals surface area contributed by atoms with Crippen molar-refractivity contribution in [1.82, 2.24) is 5.32 Å². The minimum atomic E-state index is -0.138. The maximum absolute atomic E-state index is 12.5. The summed E-state index contributed by atoms with van der Waals surface area (Å²) in [5, 5.41) is 3.52. The lowest BCUT2D eigenvalue weighted by atomic mass is 9.97. The Morgan fingerprint density at radius 1 is 1.22 bits per heavy atom. The van der Waals surface area contributed by atoms with Crippen LogP contribution in [0.4, 0.5) is 0 Å². The first-order chi connectivity index (χ1) is 11.0. The Kier molecular flexibility index (Phi) is 5.67. The fourth-order valence-corrected chi connectivity index (χ4v) is 2.92. The molecule has 0 bridgehead atoms. The minimum Gasteiger partial charge on any atom is -0.495 e. The van der Waals surface area contributed by atoms with E-state index in [1.165, 1.54) is 11.1 Å². The molecule has 1 N–H and O–H groups in total. The Morgan fingerprint density at radius 2 is 1.96 bits per heavy atom. The summed E-state index contributed by atoms with van der Waals surface area (Å²) in [4.78, 5) is 12.5. The van der Waals surface area contributed by atoms with E-state index >= 15 is 0 Å². The van der Waals surface area contributed by atoms with E-state index in [2.05, 4.69) is 44.3 Å². The Bertz CT molecular complexity index is 713. The van der Waals surface area contributed by atoms with Gasteiger partial charge in [-0.3, -0.25) is 4.79 Å². The standard InChI is InChI=1S/C19H22ClNO2/c1-5-17(15-8-6-12(2)10-13(15)3)21-19(22)14-7-9-18(23-4)16(20)11-14/h6-11,17H,5H2,1-4H3,(H,21,22). The third-order valence-corrected chi connectivity index (χ3v) is 4.22. The first-order valence-corrected chi connectivity index (χ1v) is 8.05. The average Bonchev–Trinajstić information content (AvgIpc) is 2.52. The Hall–Kier alpha value is -2.00. The van der Waals surface area contributed by atoms with E-state index in [1.807, 2.05) is 0 Å². The molecule has 0 aliphatic carbocycles. The van der Waals surface area contributed by atoms with Crippen molar-refractivity contribution < 1.29 is 9.53 Å². The summed E-state index contributed by atoms with van der Waals surface area (Å²) in [6.07, 6.45) is 0.819. The molecule has 0 heterocycles. The van der Waals surface area contributed by atoms with Gasteiger partial charge < -0.3 is 10.1 Å². The number of ether oxygens (including phenoxy) is 1. The van der Waals surface area contributed by atoms with E-state index < -0.39 is 0 Å². The average molecular weight is 332 g/mol. The van der Waals surface area contributed by atoms with E-state index in [1.54, 1.807) is 25.3 Å². The highest BCUT2D eigenvalue weighted by Crippen LogP contribution is 2.26. The van der Waals surface area contributed by atoms with Crippen molar-refractivity contribution in [3.8, 4) is 5.75 Å². The highest BCUT2D eigenvalue weighted by atomic mass is 35.5. The van der Waals surface area contributed by atoms with E-state index in [0.29, 0.717) is 16.3 Å². The van der Waals surface area contributed by atoms with Crippen molar-refractivity contribution >= 4 is 17.5 Å². The van der Waals surface area contributed by atoms with Crippen LogP contribution in [0.1, 0.15) is 46.4 Å². The van der Waals surface area contributed by atoms with E-state index in [9.17, 15) is 4.79 Å². The number of rotatable bonds is 5. The third-order valence-electron chi connectivity index (χ3n) is 3.93. The summed E-state index contributed by atoms with van der Waals surface area (Å²) >= 11 is 6.10. The Labute approximate surface area is 142 Å². The van der Waals surface area contributed by atoms with Crippen LogP contribution in [0.25, 0.3) is 0 Å². The molecule has 0 aliphatic heterocycles. The molecule has 2 aromatic carbocycles. The van der Waals surface area contributed by atoms with Crippen LogP contribution in [0.3, 0.4) is 0 Å². The third kappa shape index (κ3) is 4.05. The Morgan fingerprint density at radius 3 is 2.52 bits per heavy atom. The number of carbonyl (C=O) groups excluding carboxylic acids is 1. The second kappa shape index (κ2) is 7.51. The summed E-state index contributed by atoms with van der Waals surface area (Å²) < 4.78 is 5.11. The molecule has 2 rings (SSSR count). The number of hydrogen-bond acceptors (Lipinski definition) is 2. The van der Waals surface area contributed by atoms with Crippen LogP contribution in [-0.2, 0) is 0 Å². The van der Waals surface area contributed by atoms with Crippen molar-refractivity contribution in [2.45, 2.75) is 33.2 Å². The molecule has 0 aromatic heterocycles. The molecule has 0 saturated carbocycles. The van der Waals surface area contributed by atoms with E-state index in [0.717, 1.165) is 12.0 Å². The number of halogens is 1. The van der Waals surface area contributed by atoms with Crippen molar-refractivity contribution in [3.63, 3.8) is 0 Å². The fourth-order valence-electron chi connectivity index (χ4n) is 2.67. The predicted molar refractivity (Wildman–Crippen MR) is 94.4 cm³/mol. The first-order valence-electron chi connectivity index (χ1n) is 7.67. The molecule has 0 radical (unpaired) electrons. The smallest absolute Gasteiger partial charge is 0.251 e. The number of carbonyl (C=O) groups is 1. The van der Waals surface area contributed by atoms with Gasteiger partial charge in [0, 0.05) is 5.56 Å². The van der Waals surface area contributed by atoms with Crippen molar-refractivity contribution in [2.75, 3.05) is 7.11 Å². The summed E-state index contributed by atoms with van der Waals surface area (Å²) in [6, 6.07) is 11.3. The molecule has 1 amide bonds. The van der Waals surface area contributed by atoms with Gasteiger partial charge in [0.1, 0.15) is 5.75 Å². The fraction of sp³-hybridized carbons (Fsp3) is 0.316. The quantitative estimate of drug-likeness (QED) is 0.850. The lowest BCUT2D eigenvalue weighted by Gasteiger charge is -2.20. The molecule has 2 aromatic rings. The van der Waals surface area contributed by atoms with Crippen LogP contribution in [0.15, 0.2) is 36.4 Å². The molecule has 0 saturated heterocycles. The molecule has 3 nitrogen and oxygen atoms in total. The van der Waals surface area contributed by atoms with Gasteiger partial charge in [0.15, 0.2) is 0 Å². The van der Waals surface area contributed by atoms with Crippen LogP contribution >= 0.6 is 11.6 Å². The molecule has 1 unspecified atom stereocenters. The van der Waals surface area contributed by atoms with Gasteiger partial charge in [0.2, 0.25) is 0 Å². The number of aryl methyl sites for hydroxylation is 2. The van der Waals surface area contributed by atoms with Crippen LogP contribution in [0, 0.1) is 13.8 Å². The number of nitrogens with one attached hydrogen (secondary N) is 1. The van der Waals surface area contributed by atoms with E-state index in [-0.39, 0.29) is 11.9 Å². The lowest BCUT2D eigenvalue weighted by molar-refractivity contribution is 0.0935. The maximum atomic E-state index is 12.5. The lowest BCUT2D eigenvalue weighted by Crippen LogP contribution is -2.28. The van der Waals surface area contributed by atoms with Crippen LogP contribution in [0.5, 0.6) is 5.75 Å². The second-order valence-corrected chi connectivity index (χ2v) is 6.05. The van der Waals surface area contributed by atoms with Gasteiger partial charge >= 0.3 is 0 Å². The maximum Gasteiger partial charge on any atom is 0.251 e. The minimum absolute atomic E-state index is 0.0241. The Balaban J connectivity index is 2.21. The number of amides is 1. The van der Waals surface area contributed by atoms with Crippen molar-refractivity contribution in [3.05, 3.63) is 63.7 Å². The summed E-state index contributed by atoms with van der Waals surface area (Å²) in [7, 11) is 1.55. The SMILES string of the molecule is CCC(NC(=O)c1ccc(OC)c(Cl)c1)c1ccc(C)cc1C. The summed E-state index contributed by atoms with van der Waals surface area (Å²) in [6.45, 7) is 6.20. The summed E-state index contributed by atoms with van der Waals surface area (Å²) in [5.74, 6) is 0.422. The molecule has 122 valence electrons. The molecule has 0 aliphatic rings. The number of methoxy groups -OCH3 is 1.